The summed E-state index contributed by atoms with van der Waals surface area (Å²) in [5.74, 6) is 1.97. The van der Waals surface area contributed by atoms with E-state index in [1.54, 1.807) is 18.2 Å². The number of hydrogen-bond acceptors (Lipinski definition) is 4. The number of aromatic nitrogens is 1. The smallest absolute Gasteiger partial charge is 0.231 e. The largest absolute Gasteiger partial charge is 0.485 e. The molecule has 0 saturated heterocycles. The third kappa shape index (κ3) is 2.56. The predicted octanol–water partition coefficient (Wildman–Crippen LogP) is 3.43. The van der Waals surface area contributed by atoms with Crippen LogP contribution in [0.2, 0.25) is 0 Å². The molecule has 0 atom stereocenters. The van der Waals surface area contributed by atoms with Crippen LogP contribution >= 0.6 is 0 Å². The van der Waals surface area contributed by atoms with Crippen molar-refractivity contribution in [1.29, 1.82) is 0 Å². The molecule has 2 heterocycles. The molecule has 1 fully saturated rings. The first kappa shape index (κ1) is 14.2. The minimum Gasteiger partial charge on any atom is -0.485 e. The van der Waals surface area contributed by atoms with E-state index < -0.39 is 0 Å². The summed E-state index contributed by atoms with van der Waals surface area (Å²) < 4.78 is 18.5. The first-order valence-corrected chi connectivity index (χ1v) is 7.87. The molecule has 5 nitrogen and oxygen atoms in total. The molecule has 120 valence electrons. The van der Waals surface area contributed by atoms with Gasteiger partial charge in [-0.3, -0.25) is 4.79 Å². The highest BCUT2D eigenvalue weighted by molar-refractivity contribution is 5.98. The Kier molecular flexibility index (Phi) is 3.29. The van der Waals surface area contributed by atoms with Gasteiger partial charge >= 0.3 is 0 Å². The maximum atomic E-state index is 12.5. The van der Waals surface area contributed by atoms with Gasteiger partial charge in [0.25, 0.3) is 0 Å². The zero-order valence-electron chi connectivity index (χ0n) is 13.3. The van der Waals surface area contributed by atoms with Crippen LogP contribution in [0.4, 0.5) is 0 Å². The molecule has 0 spiro atoms. The second-order valence-electron chi connectivity index (χ2n) is 6.11. The lowest BCUT2D eigenvalue weighted by Crippen LogP contribution is -2.12. The van der Waals surface area contributed by atoms with Crippen molar-refractivity contribution in [3.05, 3.63) is 41.2 Å². The Morgan fingerprint density at radius 2 is 2.00 bits per heavy atom. The van der Waals surface area contributed by atoms with Crippen LogP contribution in [-0.2, 0) is 0 Å². The molecule has 1 aromatic heterocycles. The van der Waals surface area contributed by atoms with Crippen LogP contribution in [0.3, 0.4) is 0 Å². The van der Waals surface area contributed by atoms with Gasteiger partial charge in [0, 0.05) is 29.1 Å². The van der Waals surface area contributed by atoms with E-state index in [0.29, 0.717) is 23.3 Å². The molecule has 5 heteroatoms. The topological polar surface area (TPSA) is 49.7 Å². The van der Waals surface area contributed by atoms with Crippen molar-refractivity contribution in [2.45, 2.75) is 32.7 Å². The number of rotatable bonds is 5. The number of carbonyl (C=O) groups is 1. The third-order valence-corrected chi connectivity index (χ3v) is 4.41. The van der Waals surface area contributed by atoms with Crippen molar-refractivity contribution in [1.82, 2.24) is 4.57 Å². The van der Waals surface area contributed by atoms with E-state index in [4.69, 9.17) is 14.2 Å². The van der Waals surface area contributed by atoms with Gasteiger partial charge in [-0.25, -0.2) is 0 Å². The van der Waals surface area contributed by atoms with Crippen LogP contribution in [0.5, 0.6) is 17.2 Å². The molecule has 4 rings (SSSR count). The Morgan fingerprint density at radius 1 is 1.22 bits per heavy atom. The highest BCUT2D eigenvalue weighted by Crippen LogP contribution is 2.38. The van der Waals surface area contributed by atoms with Crippen molar-refractivity contribution < 1.29 is 19.0 Å². The maximum Gasteiger partial charge on any atom is 0.231 e. The molecule has 1 aromatic carbocycles. The normalized spacial score (nSPS) is 15.7. The Balaban J connectivity index is 1.47. The quantitative estimate of drug-likeness (QED) is 0.794. The molecule has 1 aliphatic carbocycles. The summed E-state index contributed by atoms with van der Waals surface area (Å²) in [6.07, 6.45) is 2.41. The number of ether oxygens (including phenoxy) is 3. The Bertz CT molecular complexity index is 774. The van der Waals surface area contributed by atoms with Crippen LogP contribution in [0, 0.1) is 13.8 Å². The van der Waals surface area contributed by atoms with Gasteiger partial charge < -0.3 is 18.8 Å². The molecule has 0 N–H and O–H groups in total. The average molecular weight is 313 g/mol. The number of fused-ring (bicyclic) bond motifs is 1. The number of benzene rings is 1. The SMILES string of the molecule is Cc1cc(C(=O)COc2ccc3c(c2)OCO3)c(C)n1C1CC1. The molecule has 0 unspecified atom stereocenters. The highest BCUT2D eigenvalue weighted by Gasteiger charge is 2.28. The van der Waals surface area contributed by atoms with Gasteiger partial charge in [-0.15, -0.1) is 0 Å². The monoisotopic (exact) mass is 313 g/mol. The van der Waals surface area contributed by atoms with Crippen LogP contribution in [0.15, 0.2) is 24.3 Å². The Labute approximate surface area is 134 Å². The average Bonchev–Trinajstić information content (AvgIpc) is 3.17. The van der Waals surface area contributed by atoms with Crippen LogP contribution in [0.1, 0.15) is 40.6 Å². The van der Waals surface area contributed by atoms with Crippen molar-refractivity contribution in [2.24, 2.45) is 0 Å². The lowest BCUT2D eigenvalue weighted by atomic mass is 10.1. The summed E-state index contributed by atoms with van der Waals surface area (Å²) in [6.45, 7) is 4.32. The molecule has 2 aromatic rings. The molecule has 0 bridgehead atoms. The summed E-state index contributed by atoms with van der Waals surface area (Å²) in [5.41, 5.74) is 2.95. The number of nitrogens with zero attached hydrogens (tertiary/aromatic N) is 1. The number of carbonyl (C=O) groups excluding carboxylic acids is 1. The van der Waals surface area contributed by atoms with Crippen LogP contribution in [-0.4, -0.2) is 23.8 Å². The standard InChI is InChI=1S/C18H19NO4/c1-11-7-15(12(2)19(11)13-3-4-13)16(20)9-21-14-5-6-17-18(8-14)23-10-22-17/h5-8,13H,3-4,9-10H2,1-2H3. The lowest BCUT2D eigenvalue weighted by molar-refractivity contribution is 0.0920. The third-order valence-electron chi connectivity index (χ3n) is 4.41. The zero-order valence-corrected chi connectivity index (χ0v) is 13.3. The zero-order chi connectivity index (χ0) is 16.0. The molecule has 0 amide bonds. The first-order chi connectivity index (χ1) is 11.1. The summed E-state index contributed by atoms with van der Waals surface area (Å²) in [4.78, 5) is 12.5. The predicted molar refractivity (Wildman–Crippen MR) is 84.6 cm³/mol. The molecule has 2 aliphatic rings. The second kappa shape index (κ2) is 5.33. The van der Waals surface area contributed by atoms with Gasteiger partial charge in [0.1, 0.15) is 5.75 Å². The Hall–Kier alpha value is -2.43. The van der Waals surface area contributed by atoms with Crippen LogP contribution in [0.25, 0.3) is 0 Å². The molecule has 1 saturated carbocycles. The highest BCUT2D eigenvalue weighted by atomic mass is 16.7. The van der Waals surface area contributed by atoms with Crippen molar-refractivity contribution in [3.63, 3.8) is 0 Å². The molecular weight excluding hydrogens is 294 g/mol. The molecule has 1 aliphatic heterocycles. The summed E-state index contributed by atoms with van der Waals surface area (Å²) in [6, 6.07) is 7.88. The fourth-order valence-corrected chi connectivity index (χ4v) is 3.15. The molecular formula is C18H19NO4. The maximum absolute atomic E-state index is 12.5. The lowest BCUT2D eigenvalue weighted by Gasteiger charge is -2.08. The van der Waals surface area contributed by atoms with E-state index in [1.807, 2.05) is 13.0 Å². The van der Waals surface area contributed by atoms with Crippen LogP contribution < -0.4 is 14.2 Å². The van der Waals surface area contributed by atoms with Gasteiger partial charge in [-0.05, 0) is 44.9 Å². The van der Waals surface area contributed by atoms with Crippen molar-refractivity contribution >= 4 is 5.78 Å². The van der Waals surface area contributed by atoms with E-state index in [9.17, 15) is 4.79 Å². The second-order valence-corrected chi connectivity index (χ2v) is 6.11. The van der Waals surface area contributed by atoms with E-state index in [1.165, 1.54) is 12.8 Å². The minimum atomic E-state index is 0.00247. The first-order valence-electron chi connectivity index (χ1n) is 7.87. The van der Waals surface area contributed by atoms with E-state index in [0.717, 1.165) is 17.0 Å². The van der Waals surface area contributed by atoms with Gasteiger partial charge in [0.2, 0.25) is 12.6 Å². The number of hydrogen-bond donors (Lipinski definition) is 0. The van der Waals surface area contributed by atoms with Crippen molar-refractivity contribution in [2.75, 3.05) is 13.4 Å². The number of ketones is 1. The van der Waals surface area contributed by atoms with E-state index in [-0.39, 0.29) is 19.2 Å². The van der Waals surface area contributed by atoms with E-state index >= 15 is 0 Å². The summed E-state index contributed by atoms with van der Waals surface area (Å²) >= 11 is 0. The van der Waals surface area contributed by atoms with Crippen molar-refractivity contribution in [3.8, 4) is 17.2 Å². The summed E-state index contributed by atoms with van der Waals surface area (Å²) in [5, 5.41) is 0. The van der Waals surface area contributed by atoms with E-state index in [2.05, 4.69) is 11.5 Å². The molecule has 0 radical (unpaired) electrons. The van der Waals surface area contributed by atoms with Gasteiger partial charge in [-0.2, -0.15) is 0 Å². The fourth-order valence-electron chi connectivity index (χ4n) is 3.15. The van der Waals surface area contributed by atoms with Gasteiger partial charge in [0.05, 0.1) is 0 Å². The molecule has 23 heavy (non-hydrogen) atoms. The van der Waals surface area contributed by atoms with Gasteiger partial charge in [-0.1, -0.05) is 0 Å². The minimum absolute atomic E-state index is 0.00247. The Morgan fingerprint density at radius 3 is 2.78 bits per heavy atom. The number of aryl methyl sites for hydroxylation is 1. The number of Topliss-reactive ketones (excluding diaryl/α,β-unsaturated/α-hetero) is 1. The van der Waals surface area contributed by atoms with Gasteiger partial charge in [0.15, 0.2) is 18.1 Å². The summed E-state index contributed by atoms with van der Waals surface area (Å²) in [7, 11) is 0. The fraction of sp³-hybridized carbons (Fsp3) is 0.389.